The summed E-state index contributed by atoms with van der Waals surface area (Å²) in [6.45, 7) is 1.81. The molecule has 3 nitrogen and oxygen atoms in total. The first-order valence-corrected chi connectivity index (χ1v) is 3.57. The lowest BCUT2D eigenvalue weighted by Crippen LogP contribution is -1.82. The van der Waals surface area contributed by atoms with Crippen molar-refractivity contribution in [3.05, 3.63) is 34.2 Å². The quantitative estimate of drug-likeness (QED) is 0.624. The lowest BCUT2D eigenvalue weighted by atomic mass is 10.1. The summed E-state index contributed by atoms with van der Waals surface area (Å²) in [5.74, 6) is 0. The molecule has 0 spiro atoms. The standard InChI is InChI=1S/C9H8N2O/c1-7-2-3-8(4-5-10)6-9(7)11-12/h2-3,6H,4H2,1H3. The molecule has 0 aliphatic rings. The van der Waals surface area contributed by atoms with Crippen LogP contribution in [0.25, 0.3) is 0 Å². The smallest absolute Gasteiger partial charge is 0.111 e. The number of hydrogen-bond acceptors (Lipinski definition) is 3. The zero-order valence-corrected chi connectivity index (χ0v) is 6.74. The van der Waals surface area contributed by atoms with Gasteiger partial charge in [-0.05, 0) is 29.3 Å². The van der Waals surface area contributed by atoms with Gasteiger partial charge in [-0.3, -0.25) is 0 Å². The van der Waals surface area contributed by atoms with Crippen molar-refractivity contribution in [2.75, 3.05) is 0 Å². The van der Waals surface area contributed by atoms with E-state index in [-0.39, 0.29) is 0 Å². The zero-order valence-electron chi connectivity index (χ0n) is 6.74. The Kier molecular flexibility index (Phi) is 2.54. The highest BCUT2D eigenvalue weighted by Gasteiger charge is 1.99. The molecule has 1 rings (SSSR count). The Hall–Kier alpha value is -1.69. The van der Waals surface area contributed by atoms with E-state index in [9.17, 15) is 4.91 Å². The maximum absolute atomic E-state index is 10.3. The number of benzene rings is 1. The number of rotatable bonds is 2. The molecule has 0 radical (unpaired) electrons. The van der Waals surface area contributed by atoms with Gasteiger partial charge in [-0.1, -0.05) is 12.1 Å². The van der Waals surface area contributed by atoms with Crippen LogP contribution in [0, 0.1) is 23.2 Å². The van der Waals surface area contributed by atoms with Crippen LogP contribution in [0.2, 0.25) is 0 Å². The van der Waals surface area contributed by atoms with Crippen LogP contribution in [-0.2, 0) is 6.42 Å². The second-order valence-electron chi connectivity index (χ2n) is 2.55. The van der Waals surface area contributed by atoms with Crippen LogP contribution in [-0.4, -0.2) is 0 Å². The van der Waals surface area contributed by atoms with Crippen LogP contribution < -0.4 is 0 Å². The van der Waals surface area contributed by atoms with E-state index in [1.54, 1.807) is 12.1 Å². The predicted molar refractivity (Wildman–Crippen MR) is 46.0 cm³/mol. The maximum Gasteiger partial charge on any atom is 0.111 e. The summed E-state index contributed by atoms with van der Waals surface area (Å²) < 4.78 is 0. The van der Waals surface area contributed by atoms with Crippen LogP contribution >= 0.6 is 0 Å². The van der Waals surface area contributed by atoms with Gasteiger partial charge in [0.15, 0.2) is 0 Å². The van der Waals surface area contributed by atoms with Gasteiger partial charge < -0.3 is 0 Å². The molecule has 0 aliphatic carbocycles. The Balaban J connectivity index is 3.06. The van der Waals surface area contributed by atoms with Gasteiger partial charge in [-0.15, -0.1) is 4.91 Å². The number of aryl methyl sites for hydroxylation is 1. The highest BCUT2D eigenvalue weighted by Crippen LogP contribution is 2.19. The van der Waals surface area contributed by atoms with Gasteiger partial charge >= 0.3 is 0 Å². The fraction of sp³-hybridized carbons (Fsp3) is 0.222. The summed E-state index contributed by atoms with van der Waals surface area (Å²) >= 11 is 0. The Morgan fingerprint density at radius 3 is 2.92 bits per heavy atom. The molecule has 0 amide bonds. The highest BCUT2D eigenvalue weighted by atomic mass is 16.3. The normalized spacial score (nSPS) is 9.00. The van der Waals surface area contributed by atoms with Crippen molar-refractivity contribution in [3.63, 3.8) is 0 Å². The van der Waals surface area contributed by atoms with E-state index in [1.165, 1.54) is 0 Å². The molecule has 0 N–H and O–H groups in total. The van der Waals surface area contributed by atoms with Crippen molar-refractivity contribution in [1.82, 2.24) is 0 Å². The molecule has 0 saturated heterocycles. The highest BCUT2D eigenvalue weighted by molar-refractivity contribution is 5.47. The Morgan fingerprint density at radius 2 is 2.33 bits per heavy atom. The van der Waals surface area contributed by atoms with Gasteiger partial charge in [-0.2, -0.15) is 5.26 Å². The van der Waals surface area contributed by atoms with Gasteiger partial charge in [0.25, 0.3) is 0 Å². The zero-order chi connectivity index (χ0) is 8.97. The van der Waals surface area contributed by atoms with E-state index < -0.39 is 0 Å². The van der Waals surface area contributed by atoms with E-state index in [1.807, 2.05) is 19.1 Å². The topological polar surface area (TPSA) is 53.2 Å². The molecular weight excluding hydrogens is 152 g/mol. The summed E-state index contributed by atoms with van der Waals surface area (Å²) in [7, 11) is 0. The largest absolute Gasteiger partial charge is 0.198 e. The Morgan fingerprint density at radius 1 is 1.58 bits per heavy atom. The molecule has 60 valence electrons. The minimum atomic E-state index is 0.322. The van der Waals surface area contributed by atoms with Gasteiger partial charge in [0, 0.05) is 0 Å². The van der Waals surface area contributed by atoms with E-state index >= 15 is 0 Å². The van der Waals surface area contributed by atoms with Gasteiger partial charge in [0.05, 0.1) is 12.5 Å². The molecule has 3 heteroatoms. The van der Waals surface area contributed by atoms with Crippen LogP contribution in [0.1, 0.15) is 11.1 Å². The summed E-state index contributed by atoms with van der Waals surface area (Å²) in [5.41, 5.74) is 2.09. The first kappa shape index (κ1) is 8.41. The minimum absolute atomic E-state index is 0.322. The molecule has 1 aromatic rings. The molecular formula is C9H8N2O. The fourth-order valence-electron chi connectivity index (χ4n) is 0.955. The second-order valence-corrected chi connectivity index (χ2v) is 2.55. The predicted octanol–water partition coefficient (Wildman–Crippen LogP) is 2.46. The van der Waals surface area contributed by atoms with Gasteiger partial charge in [-0.25, -0.2) is 0 Å². The molecule has 0 heterocycles. The van der Waals surface area contributed by atoms with Crippen LogP contribution in [0.4, 0.5) is 5.69 Å². The number of nitrogens with zero attached hydrogens (tertiary/aromatic N) is 2. The molecule has 0 saturated carbocycles. The molecule has 0 fully saturated rings. The lowest BCUT2D eigenvalue weighted by Gasteiger charge is -1.98. The van der Waals surface area contributed by atoms with Crippen molar-refractivity contribution < 1.29 is 0 Å². The SMILES string of the molecule is Cc1ccc(CC#N)cc1N=O. The third-order valence-electron chi connectivity index (χ3n) is 1.66. The summed E-state index contributed by atoms with van der Waals surface area (Å²) in [6, 6.07) is 7.28. The van der Waals surface area contributed by atoms with E-state index in [0.717, 1.165) is 11.1 Å². The minimum Gasteiger partial charge on any atom is -0.198 e. The third kappa shape index (κ3) is 1.67. The number of nitroso groups, excluding NO2 is 1. The fourth-order valence-corrected chi connectivity index (χ4v) is 0.955. The van der Waals surface area contributed by atoms with Crippen LogP contribution in [0.5, 0.6) is 0 Å². The molecule has 0 unspecified atom stereocenters. The molecule has 0 aromatic heterocycles. The summed E-state index contributed by atoms with van der Waals surface area (Å²) in [6.07, 6.45) is 0.322. The monoisotopic (exact) mass is 160 g/mol. The average molecular weight is 160 g/mol. The number of nitriles is 1. The summed E-state index contributed by atoms with van der Waals surface area (Å²) in [5, 5.41) is 11.2. The maximum atomic E-state index is 10.3. The molecule has 0 bridgehead atoms. The van der Waals surface area contributed by atoms with Crippen molar-refractivity contribution in [2.45, 2.75) is 13.3 Å². The van der Waals surface area contributed by atoms with Gasteiger partial charge in [0.1, 0.15) is 5.69 Å². The molecule has 0 aliphatic heterocycles. The second kappa shape index (κ2) is 3.63. The average Bonchev–Trinajstić information content (AvgIpc) is 2.09. The third-order valence-corrected chi connectivity index (χ3v) is 1.66. The van der Waals surface area contributed by atoms with Crippen molar-refractivity contribution in [3.8, 4) is 6.07 Å². The van der Waals surface area contributed by atoms with Crippen LogP contribution in [0.3, 0.4) is 0 Å². The van der Waals surface area contributed by atoms with E-state index in [0.29, 0.717) is 12.1 Å². The first-order chi connectivity index (χ1) is 5.77. The Bertz CT molecular complexity index is 339. The molecule has 1 aromatic carbocycles. The van der Waals surface area contributed by atoms with Crippen LogP contribution in [0.15, 0.2) is 23.4 Å². The van der Waals surface area contributed by atoms with E-state index in [4.69, 9.17) is 5.26 Å². The van der Waals surface area contributed by atoms with Crippen molar-refractivity contribution in [1.29, 1.82) is 5.26 Å². The van der Waals surface area contributed by atoms with E-state index in [2.05, 4.69) is 5.18 Å². The van der Waals surface area contributed by atoms with Gasteiger partial charge in [0.2, 0.25) is 0 Å². The first-order valence-electron chi connectivity index (χ1n) is 3.57. The molecule has 12 heavy (non-hydrogen) atoms. The molecule has 0 atom stereocenters. The summed E-state index contributed by atoms with van der Waals surface area (Å²) in [4.78, 5) is 10.3. The number of hydrogen-bond donors (Lipinski definition) is 0. The van der Waals surface area contributed by atoms with Crippen molar-refractivity contribution in [2.24, 2.45) is 5.18 Å². The Labute approximate surface area is 70.6 Å². The van der Waals surface area contributed by atoms with Crippen molar-refractivity contribution >= 4 is 5.69 Å². The lowest BCUT2D eigenvalue weighted by molar-refractivity contribution is 1.24.